The van der Waals surface area contributed by atoms with Gasteiger partial charge in [0.15, 0.2) is 15.0 Å². The van der Waals surface area contributed by atoms with Gasteiger partial charge in [-0.2, -0.15) is 4.99 Å². The smallest absolute Gasteiger partial charge is 0.252 e. The summed E-state index contributed by atoms with van der Waals surface area (Å²) in [6.07, 6.45) is 0.129. The highest BCUT2D eigenvalue weighted by Crippen LogP contribution is 2.43. The first-order valence-corrected chi connectivity index (χ1v) is 12.6. The number of halogens is 2. The minimum Gasteiger partial charge on any atom is -0.497 e. The van der Waals surface area contributed by atoms with Crippen LogP contribution in [0.15, 0.2) is 47.5 Å². The summed E-state index contributed by atoms with van der Waals surface area (Å²) >= 11 is 13.7. The van der Waals surface area contributed by atoms with Crippen molar-refractivity contribution in [3.63, 3.8) is 0 Å². The molecule has 0 unspecified atom stereocenters. The lowest BCUT2D eigenvalue weighted by atomic mass is 10.1. The summed E-state index contributed by atoms with van der Waals surface area (Å²) in [4.78, 5) is 18.7. The van der Waals surface area contributed by atoms with Crippen LogP contribution in [0.1, 0.15) is 5.56 Å². The third-order valence-electron chi connectivity index (χ3n) is 4.97. The van der Waals surface area contributed by atoms with Gasteiger partial charge in [0.25, 0.3) is 5.91 Å². The number of ether oxygens (including phenoxy) is 1. The number of aliphatic imine (C=N–C) groups is 1. The maximum absolute atomic E-state index is 12.7. The van der Waals surface area contributed by atoms with Crippen LogP contribution >= 0.6 is 35.0 Å². The third-order valence-corrected chi connectivity index (χ3v) is 8.72. The van der Waals surface area contributed by atoms with Crippen LogP contribution in [0.5, 0.6) is 5.75 Å². The molecule has 2 heterocycles. The first-order valence-electron chi connectivity index (χ1n) is 9.11. The molecule has 2 aromatic rings. The topological polar surface area (TPSA) is 76.0 Å². The lowest BCUT2D eigenvalue weighted by molar-refractivity contribution is -0.117. The van der Waals surface area contributed by atoms with Gasteiger partial charge in [0.1, 0.15) is 5.75 Å². The number of nitrogens with zero attached hydrogens (tertiary/aromatic N) is 2. The number of rotatable bonds is 4. The monoisotopic (exact) mass is 484 g/mol. The molecule has 4 rings (SSSR count). The Balaban J connectivity index is 1.63. The molecule has 6 nitrogen and oxygen atoms in total. The molecule has 0 radical (unpaired) electrons. The zero-order valence-electron chi connectivity index (χ0n) is 15.9. The second-order valence-corrected chi connectivity index (χ2v) is 11.3. The van der Waals surface area contributed by atoms with Gasteiger partial charge in [0.05, 0.1) is 41.8 Å². The molecular weight excluding hydrogens is 467 g/mol. The van der Waals surface area contributed by atoms with Gasteiger partial charge in [-0.05, 0) is 35.9 Å². The number of hydrogen-bond donors (Lipinski definition) is 0. The molecule has 30 heavy (non-hydrogen) atoms. The Morgan fingerprint density at radius 3 is 2.60 bits per heavy atom. The van der Waals surface area contributed by atoms with Crippen molar-refractivity contribution in [2.75, 3.05) is 23.5 Å². The van der Waals surface area contributed by atoms with E-state index in [1.165, 1.54) is 11.8 Å². The predicted octanol–water partition coefficient (Wildman–Crippen LogP) is 3.85. The third kappa shape index (κ3) is 4.46. The Labute approximate surface area is 189 Å². The van der Waals surface area contributed by atoms with Crippen LogP contribution in [0.25, 0.3) is 0 Å². The van der Waals surface area contributed by atoms with Crippen LogP contribution in [0.4, 0.5) is 5.69 Å². The van der Waals surface area contributed by atoms with Crippen molar-refractivity contribution < 1.29 is 17.9 Å². The van der Waals surface area contributed by atoms with Crippen molar-refractivity contribution in [2.24, 2.45) is 4.99 Å². The van der Waals surface area contributed by atoms with E-state index in [0.717, 1.165) is 5.56 Å². The second kappa shape index (κ2) is 8.42. The van der Waals surface area contributed by atoms with E-state index in [2.05, 4.69) is 4.99 Å². The van der Waals surface area contributed by atoms with Gasteiger partial charge in [0, 0.05) is 10.3 Å². The van der Waals surface area contributed by atoms with Crippen LogP contribution in [0.2, 0.25) is 10.0 Å². The largest absolute Gasteiger partial charge is 0.497 e. The first-order chi connectivity index (χ1) is 14.3. The Hall–Kier alpha value is -1.74. The average molecular weight is 485 g/mol. The minimum absolute atomic E-state index is 0.00465. The first kappa shape index (κ1) is 21.5. The average Bonchev–Trinajstić information content (AvgIpc) is 3.13. The van der Waals surface area contributed by atoms with E-state index in [-0.39, 0.29) is 35.1 Å². The Morgan fingerprint density at radius 1 is 1.20 bits per heavy atom. The molecule has 2 atom stereocenters. The van der Waals surface area contributed by atoms with Crippen molar-refractivity contribution in [2.45, 2.75) is 17.7 Å². The Morgan fingerprint density at radius 2 is 1.93 bits per heavy atom. The van der Waals surface area contributed by atoms with Crippen LogP contribution in [-0.2, 0) is 21.1 Å². The predicted molar refractivity (Wildman–Crippen MR) is 122 cm³/mol. The van der Waals surface area contributed by atoms with Crippen molar-refractivity contribution in [3.8, 4) is 5.75 Å². The summed E-state index contributed by atoms with van der Waals surface area (Å²) in [7, 11) is -1.58. The fourth-order valence-electron chi connectivity index (χ4n) is 3.59. The zero-order valence-corrected chi connectivity index (χ0v) is 19.1. The number of thioether (sulfide) groups is 1. The number of carbonyl (C=O) groups excluding carboxylic acids is 1. The summed E-state index contributed by atoms with van der Waals surface area (Å²) in [5, 5.41) is 1.11. The number of carbonyl (C=O) groups is 1. The summed E-state index contributed by atoms with van der Waals surface area (Å²) in [6.45, 7) is 0. The molecule has 2 aromatic carbocycles. The number of hydrogen-bond acceptors (Lipinski definition) is 5. The molecule has 2 saturated heterocycles. The maximum atomic E-state index is 12.7. The number of amides is 1. The van der Waals surface area contributed by atoms with Crippen LogP contribution in [0, 0.1) is 0 Å². The number of amidine groups is 1. The molecule has 0 saturated carbocycles. The van der Waals surface area contributed by atoms with E-state index in [0.29, 0.717) is 26.6 Å². The van der Waals surface area contributed by atoms with Crippen molar-refractivity contribution in [1.29, 1.82) is 0 Å². The van der Waals surface area contributed by atoms with Crippen molar-refractivity contribution in [3.05, 3.63) is 58.1 Å². The van der Waals surface area contributed by atoms with E-state index in [1.807, 2.05) is 12.1 Å². The van der Waals surface area contributed by atoms with Gasteiger partial charge in [-0.25, -0.2) is 8.42 Å². The van der Waals surface area contributed by atoms with Gasteiger partial charge in [-0.1, -0.05) is 47.1 Å². The molecule has 2 aliphatic rings. The fraction of sp³-hybridized carbons (Fsp3) is 0.300. The quantitative estimate of drug-likeness (QED) is 0.655. The molecule has 0 aliphatic carbocycles. The van der Waals surface area contributed by atoms with E-state index >= 15 is 0 Å². The lowest BCUT2D eigenvalue weighted by Crippen LogP contribution is -2.38. The molecule has 0 bridgehead atoms. The molecule has 2 aliphatic heterocycles. The van der Waals surface area contributed by atoms with Gasteiger partial charge in [-0.3, -0.25) is 4.79 Å². The summed E-state index contributed by atoms with van der Waals surface area (Å²) in [6, 6.07) is 11.9. The van der Waals surface area contributed by atoms with Crippen LogP contribution < -0.4 is 9.64 Å². The molecule has 158 valence electrons. The van der Waals surface area contributed by atoms with Crippen molar-refractivity contribution >= 4 is 61.6 Å². The van der Waals surface area contributed by atoms with Crippen LogP contribution in [0.3, 0.4) is 0 Å². The lowest BCUT2D eigenvalue weighted by Gasteiger charge is -2.25. The standard InChI is InChI=1S/C20H18Cl2N2O4S2/c1-28-14-5-2-12(3-6-14)8-19(25)23-20-24(16-7-4-13(21)9-15(16)22)17-10-30(26,27)11-18(17)29-20/h2-7,9,17-18H,8,10-11H2,1H3/t17-,18+/m0/s1. The Bertz CT molecular complexity index is 1120. The van der Waals surface area contributed by atoms with E-state index in [9.17, 15) is 13.2 Å². The molecule has 2 fully saturated rings. The van der Waals surface area contributed by atoms with E-state index in [4.69, 9.17) is 27.9 Å². The summed E-state index contributed by atoms with van der Waals surface area (Å²) in [5.41, 5.74) is 1.40. The Kier molecular flexibility index (Phi) is 6.03. The molecule has 1 amide bonds. The van der Waals surface area contributed by atoms with Gasteiger partial charge in [-0.15, -0.1) is 0 Å². The number of sulfone groups is 1. The van der Waals surface area contributed by atoms with Crippen molar-refractivity contribution in [1.82, 2.24) is 0 Å². The maximum Gasteiger partial charge on any atom is 0.252 e. The van der Waals surface area contributed by atoms with Crippen LogP contribution in [-0.4, -0.2) is 49.4 Å². The van der Waals surface area contributed by atoms with Gasteiger partial charge < -0.3 is 9.64 Å². The normalized spacial score (nSPS) is 23.6. The molecule has 0 aromatic heterocycles. The highest BCUT2D eigenvalue weighted by molar-refractivity contribution is 8.16. The SMILES string of the molecule is COc1ccc(CC(=O)N=C2S[C@@H]3CS(=O)(=O)C[C@@H]3N2c2ccc(Cl)cc2Cl)cc1. The van der Waals surface area contributed by atoms with Gasteiger partial charge in [0.2, 0.25) is 0 Å². The molecule has 0 N–H and O–H groups in total. The number of methoxy groups -OCH3 is 1. The summed E-state index contributed by atoms with van der Waals surface area (Å²) < 4.78 is 29.5. The second-order valence-electron chi connectivity index (χ2n) is 7.08. The summed E-state index contributed by atoms with van der Waals surface area (Å²) in [5.74, 6) is 0.437. The van der Waals surface area contributed by atoms with E-state index < -0.39 is 9.84 Å². The fourth-order valence-corrected chi connectivity index (χ4v) is 8.01. The number of anilines is 1. The number of fused-ring (bicyclic) bond motifs is 1. The number of benzene rings is 2. The molecule has 10 heteroatoms. The zero-order chi connectivity index (χ0) is 21.5. The van der Waals surface area contributed by atoms with E-state index in [1.54, 1.807) is 42.3 Å². The molecular formula is C20H18Cl2N2O4S2. The minimum atomic E-state index is -3.16. The van der Waals surface area contributed by atoms with Gasteiger partial charge >= 0.3 is 0 Å². The molecule has 0 spiro atoms. The highest BCUT2D eigenvalue weighted by Gasteiger charge is 2.49. The highest BCUT2D eigenvalue weighted by atomic mass is 35.5.